The maximum atomic E-state index is 14.0. The fourth-order valence-corrected chi connectivity index (χ4v) is 2.11. The number of rotatable bonds is 4. The Morgan fingerprint density at radius 2 is 2.10 bits per heavy atom. The van der Waals surface area contributed by atoms with Gasteiger partial charge in [-0.1, -0.05) is 33.2 Å². The molecule has 2 rings (SSSR count). The van der Waals surface area contributed by atoms with Crippen LogP contribution in [0.15, 0.2) is 46.0 Å². The first-order valence-corrected chi connectivity index (χ1v) is 7.07. The van der Waals surface area contributed by atoms with Gasteiger partial charge in [0.05, 0.1) is 0 Å². The standard InChI is InChI=1S/C15H15BrFN3O/c1-9-6-12(4-5-13(9)16)19-8-11-3-2-10(7-14(11)17)15(18)20-21/h2-7,19,21H,8H2,1H3,(H2,18,20). The highest BCUT2D eigenvalue weighted by Gasteiger charge is 2.06. The van der Waals surface area contributed by atoms with Gasteiger partial charge in [0, 0.05) is 27.8 Å². The van der Waals surface area contributed by atoms with Crippen LogP contribution in [0.3, 0.4) is 0 Å². The van der Waals surface area contributed by atoms with E-state index in [0.29, 0.717) is 17.7 Å². The number of nitrogens with one attached hydrogen (secondary N) is 1. The van der Waals surface area contributed by atoms with Crippen molar-refractivity contribution in [2.45, 2.75) is 13.5 Å². The molecule has 21 heavy (non-hydrogen) atoms. The van der Waals surface area contributed by atoms with Crippen molar-refractivity contribution in [1.29, 1.82) is 0 Å². The number of hydrogen-bond acceptors (Lipinski definition) is 3. The normalized spacial score (nSPS) is 11.5. The number of halogens is 2. The number of aryl methyl sites for hydroxylation is 1. The van der Waals surface area contributed by atoms with Gasteiger partial charge in [-0.05, 0) is 36.8 Å². The van der Waals surface area contributed by atoms with E-state index >= 15 is 0 Å². The summed E-state index contributed by atoms with van der Waals surface area (Å²) < 4.78 is 15.0. The molecule has 4 nitrogen and oxygen atoms in total. The fourth-order valence-electron chi connectivity index (χ4n) is 1.86. The Morgan fingerprint density at radius 3 is 2.71 bits per heavy atom. The third-order valence-electron chi connectivity index (χ3n) is 3.10. The second kappa shape index (κ2) is 6.58. The van der Waals surface area contributed by atoms with E-state index in [2.05, 4.69) is 26.4 Å². The number of hydrogen-bond donors (Lipinski definition) is 3. The summed E-state index contributed by atoms with van der Waals surface area (Å²) in [5, 5.41) is 14.6. The number of anilines is 1. The molecule has 0 saturated heterocycles. The highest BCUT2D eigenvalue weighted by Crippen LogP contribution is 2.21. The lowest BCUT2D eigenvalue weighted by atomic mass is 10.1. The van der Waals surface area contributed by atoms with Crippen molar-refractivity contribution in [3.05, 3.63) is 63.4 Å². The summed E-state index contributed by atoms with van der Waals surface area (Å²) in [4.78, 5) is 0. The van der Waals surface area contributed by atoms with Gasteiger partial charge >= 0.3 is 0 Å². The smallest absolute Gasteiger partial charge is 0.170 e. The molecular formula is C15H15BrFN3O. The summed E-state index contributed by atoms with van der Waals surface area (Å²) in [5.41, 5.74) is 8.28. The first-order valence-electron chi connectivity index (χ1n) is 6.27. The summed E-state index contributed by atoms with van der Waals surface area (Å²) in [6.07, 6.45) is 0. The lowest BCUT2D eigenvalue weighted by Gasteiger charge is -2.10. The molecule has 0 unspecified atom stereocenters. The average molecular weight is 352 g/mol. The molecule has 0 aliphatic rings. The summed E-state index contributed by atoms with van der Waals surface area (Å²) in [5.74, 6) is -0.516. The monoisotopic (exact) mass is 351 g/mol. The Bertz CT molecular complexity index is 689. The largest absolute Gasteiger partial charge is 0.409 e. The van der Waals surface area contributed by atoms with Crippen LogP contribution in [0.2, 0.25) is 0 Å². The average Bonchev–Trinajstić information content (AvgIpc) is 2.48. The van der Waals surface area contributed by atoms with Gasteiger partial charge in [-0.25, -0.2) is 4.39 Å². The van der Waals surface area contributed by atoms with E-state index in [1.54, 1.807) is 12.1 Å². The van der Waals surface area contributed by atoms with Gasteiger partial charge in [-0.15, -0.1) is 0 Å². The van der Waals surface area contributed by atoms with Gasteiger partial charge in [0.1, 0.15) is 5.82 Å². The maximum Gasteiger partial charge on any atom is 0.170 e. The topological polar surface area (TPSA) is 70.6 Å². The molecule has 2 aromatic carbocycles. The van der Waals surface area contributed by atoms with Crippen molar-refractivity contribution in [1.82, 2.24) is 0 Å². The van der Waals surface area contributed by atoms with Gasteiger partial charge in [-0.3, -0.25) is 0 Å². The molecule has 0 saturated carbocycles. The predicted molar refractivity (Wildman–Crippen MR) is 85.1 cm³/mol. The molecule has 6 heteroatoms. The summed E-state index contributed by atoms with van der Waals surface area (Å²) in [6.45, 7) is 2.34. The van der Waals surface area contributed by atoms with Crippen LogP contribution in [0, 0.1) is 12.7 Å². The van der Waals surface area contributed by atoms with Crippen LogP contribution in [0.4, 0.5) is 10.1 Å². The zero-order valence-electron chi connectivity index (χ0n) is 11.4. The molecular weight excluding hydrogens is 337 g/mol. The Balaban J connectivity index is 2.11. The van der Waals surface area contributed by atoms with Crippen LogP contribution in [-0.2, 0) is 6.54 Å². The summed E-state index contributed by atoms with van der Waals surface area (Å²) in [7, 11) is 0. The number of nitrogens with two attached hydrogens (primary N) is 1. The fraction of sp³-hybridized carbons (Fsp3) is 0.133. The second-order valence-electron chi connectivity index (χ2n) is 4.61. The predicted octanol–water partition coefficient (Wildman–Crippen LogP) is 3.60. The highest BCUT2D eigenvalue weighted by molar-refractivity contribution is 9.10. The third kappa shape index (κ3) is 3.72. The van der Waals surface area contributed by atoms with E-state index in [0.717, 1.165) is 15.7 Å². The Labute approximate surface area is 130 Å². The molecule has 0 bridgehead atoms. The van der Waals surface area contributed by atoms with Gasteiger partial charge in [0.2, 0.25) is 0 Å². The van der Waals surface area contributed by atoms with E-state index < -0.39 is 5.82 Å². The minimum Gasteiger partial charge on any atom is -0.409 e. The van der Waals surface area contributed by atoms with Crippen molar-refractivity contribution in [3.8, 4) is 0 Å². The Hall–Kier alpha value is -2.08. The van der Waals surface area contributed by atoms with E-state index in [-0.39, 0.29) is 5.84 Å². The maximum absolute atomic E-state index is 14.0. The minimum atomic E-state index is -0.402. The quantitative estimate of drug-likeness (QED) is 0.341. The molecule has 0 heterocycles. The molecule has 0 aliphatic carbocycles. The van der Waals surface area contributed by atoms with E-state index in [4.69, 9.17) is 10.9 Å². The van der Waals surface area contributed by atoms with Gasteiger partial charge < -0.3 is 16.3 Å². The first kappa shape index (κ1) is 15.3. The van der Waals surface area contributed by atoms with Crippen LogP contribution in [0.25, 0.3) is 0 Å². The first-order chi connectivity index (χ1) is 10.0. The second-order valence-corrected chi connectivity index (χ2v) is 5.46. The van der Waals surface area contributed by atoms with Crippen LogP contribution in [0.5, 0.6) is 0 Å². The van der Waals surface area contributed by atoms with Crippen molar-refractivity contribution >= 4 is 27.5 Å². The zero-order valence-corrected chi connectivity index (χ0v) is 13.0. The molecule has 4 N–H and O–H groups in total. The van der Waals surface area contributed by atoms with Gasteiger partial charge in [0.25, 0.3) is 0 Å². The van der Waals surface area contributed by atoms with E-state index in [9.17, 15) is 4.39 Å². The molecule has 0 aliphatic heterocycles. The number of amidine groups is 1. The zero-order chi connectivity index (χ0) is 15.4. The highest BCUT2D eigenvalue weighted by atomic mass is 79.9. The molecule has 0 fully saturated rings. The van der Waals surface area contributed by atoms with Gasteiger partial charge in [-0.2, -0.15) is 0 Å². The summed E-state index contributed by atoms with van der Waals surface area (Å²) in [6, 6.07) is 10.3. The molecule has 0 atom stereocenters. The van der Waals surface area contributed by atoms with Crippen molar-refractivity contribution in [3.63, 3.8) is 0 Å². The third-order valence-corrected chi connectivity index (χ3v) is 3.99. The van der Waals surface area contributed by atoms with Crippen molar-refractivity contribution in [2.24, 2.45) is 10.9 Å². The number of benzene rings is 2. The summed E-state index contributed by atoms with van der Waals surface area (Å²) >= 11 is 3.43. The Morgan fingerprint density at radius 1 is 1.33 bits per heavy atom. The van der Waals surface area contributed by atoms with Crippen LogP contribution in [0.1, 0.15) is 16.7 Å². The van der Waals surface area contributed by atoms with E-state index in [1.165, 1.54) is 6.07 Å². The van der Waals surface area contributed by atoms with Crippen molar-refractivity contribution < 1.29 is 9.60 Å². The molecule has 0 aromatic heterocycles. The lowest BCUT2D eigenvalue weighted by molar-refractivity contribution is 0.318. The number of nitrogens with zero attached hydrogens (tertiary/aromatic N) is 1. The molecule has 0 amide bonds. The van der Waals surface area contributed by atoms with Crippen LogP contribution < -0.4 is 11.1 Å². The molecule has 0 radical (unpaired) electrons. The Kier molecular flexibility index (Phi) is 4.80. The minimum absolute atomic E-state index is 0.114. The van der Waals surface area contributed by atoms with Crippen LogP contribution in [-0.4, -0.2) is 11.0 Å². The molecule has 110 valence electrons. The molecule has 2 aromatic rings. The molecule has 0 spiro atoms. The van der Waals surface area contributed by atoms with E-state index in [1.807, 2.05) is 25.1 Å². The SMILES string of the molecule is Cc1cc(NCc2ccc(C(N)=NO)cc2F)ccc1Br. The number of oxime groups is 1. The van der Waals surface area contributed by atoms with Crippen molar-refractivity contribution in [2.75, 3.05) is 5.32 Å². The van der Waals surface area contributed by atoms with Crippen LogP contribution >= 0.6 is 15.9 Å². The van der Waals surface area contributed by atoms with Gasteiger partial charge in [0.15, 0.2) is 5.84 Å². The lowest BCUT2D eigenvalue weighted by Crippen LogP contribution is -2.14.